The molecule has 1 aliphatic heterocycles. The topological polar surface area (TPSA) is 80.9 Å². The van der Waals surface area contributed by atoms with Crippen LogP contribution in [0, 0.1) is 5.92 Å². The van der Waals surface area contributed by atoms with Crippen molar-refractivity contribution in [1.29, 1.82) is 0 Å². The molecule has 2 aliphatic rings. The number of nitrogens with one attached hydrogen (secondary N) is 1. The van der Waals surface area contributed by atoms with E-state index in [9.17, 15) is 4.79 Å². The van der Waals surface area contributed by atoms with Crippen LogP contribution in [-0.4, -0.2) is 28.8 Å². The van der Waals surface area contributed by atoms with Crippen LogP contribution >= 0.6 is 0 Å². The fourth-order valence-electron chi connectivity index (χ4n) is 4.28. The lowest BCUT2D eigenvalue weighted by Crippen LogP contribution is -2.32. The number of benzene rings is 1. The summed E-state index contributed by atoms with van der Waals surface area (Å²) in [6.45, 7) is 6.18. The third-order valence-electron chi connectivity index (χ3n) is 5.54. The Labute approximate surface area is 148 Å². The van der Waals surface area contributed by atoms with Crippen LogP contribution in [0.4, 0.5) is 5.82 Å². The van der Waals surface area contributed by atoms with E-state index in [1.165, 1.54) is 11.9 Å². The fourth-order valence-corrected chi connectivity index (χ4v) is 4.28. The molecule has 0 unspecified atom stereocenters. The molecule has 0 spiro atoms. The standard InChI is InChI=1S/C20H24N4O/c1-20(2)10-14-9-13(18(25)12-5-7-22-8-6-12)3-4-15(14)17-16(20)19(21)24-11-23-17/h3-4,9,11-12,22H,5-8,10H2,1-2H3,(H2,21,23,24). The quantitative estimate of drug-likeness (QED) is 0.824. The second-order valence-corrected chi connectivity index (χ2v) is 7.80. The van der Waals surface area contributed by atoms with Gasteiger partial charge in [0, 0.05) is 22.6 Å². The lowest BCUT2D eigenvalue weighted by molar-refractivity contribution is 0.0895. The summed E-state index contributed by atoms with van der Waals surface area (Å²) in [7, 11) is 0. The minimum absolute atomic E-state index is 0.140. The normalized spacial score (nSPS) is 19.1. The highest BCUT2D eigenvalue weighted by Gasteiger charge is 2.35. The van der Waals surface area contributed by atoms with Gasteiger partial charge >= 0.3 is 0 Å². The van der Waals surface area contributed by atoms with Gasteiger partial charge in [0.25, 0.3) is 0 Å². The van der Waals surface area contributed by atoms with Crippen molar-refractivity contribution < 1.29 is 4.79 Å². The van der Waals surface area contributed by atoms with Crippen LogP contribution in [0.2, 0.25) is 0 Å². The van der Waals surface area contributed by atoms with Gasteiger partial charge in [-0.3, -0.25) is 4.79 Å². The predicted molar refractivity (Wildman–Crippen MR) is 98.5 cm³/mol. The molecule has 1 saturated heterocycles. The van der Waals surface area contributed by atoms with Crippen LogP contribution in [0.5, 0.6) is 0 Å². The summed E-state index contributed by atoms with van der Waals surface area (Å²) in [5.41, 5.74) is 11.0. The summed E-state index contributed by atoms with van der Waals surface area (Å²) in [5.74, 6) is 0.965. The molecule has 2 aromatic rings. The Morgan fingerprint density at radius 3 is 2.76 bits per heavy atom. The van der Waals surface area contributed by atoms with Crippen molar-refractivity contribution in [2.24, 2.45) is 5.92 Å². The maximum absolute atomic E-state index is 12.9. The van der Waals surface area contributed by atoms with Gasteiger partial charge in [-0.2, -0.15) is 0 Å². The molecule has 1 aliphatic carbocycles. The molecular weight excluding hydrogens is 312 g/mol. The van der Waals surface area contributed by atoms with Crippen molar-refractivity contribution in [2.75, 3.05) is 18.8 Å². The number of piperidine rings is 1. The number of nitrogens with zero attached hydrogens (tertiary/aromatic N) is 2. The smallest absolute Gasteiger partial charge is 0.166 e. The maximum atomic E-state index is 12.9. The molecule has 1 fully saturated rings. The van der Waals surface area contributed by atoms with Gasteiger partial charge in [-0.15, -0.1) is 0 Å². The number of fused-ring (bicyclic) bond motifs is 3. The number of Topliss-reactive ketones (excluding diaryl/α,β-unsaturated/α-hetero) is 1. The molecule has 2 heterocycles. The van der Waals surface area contributed by atoms with Crippen molar-refractivity contribution in [1.82, 2.24) is 15.3 Å². The minimum Gasteiger partial charge on any atom is -0.383 e. The number of hydrogen-bond donors (Lipinski definition) is 2. The number of rotatable bonds is 2. The lowest BCUT2D eigenvalue weighted by atomic mass is 9.71. The van der Waals surface area contributed by atoms with Crippen molar-refractivity contribution in [3.05, 3.63) is 41.2 Å². The van der Waals surface area contributed by atoms with E-state index in [1.807, 2.05) is 12.1 Å². The predicted octanol–water partition coefficient (Wildman–Crippen LogP) is 2.74. The molecule has 0 saturated carbocycles. The summed E-state index contributed by atoms with van der Waals surface area (Å²) >= 11 is 0. The molecule has 25 heavy (non-hydrogen) atoms. The highest BCUT2D eigenvalue weighted by molar-refractivity contribution is 5.99. The molecule has 0 atom stereocenters. The third kappa shape index (κ3) is 2.72. The second kappa shape index (κ2) is 5.92. The van der Waals surface area contributed by atoms with Crippen molar-refractivity contribution >= 4 is 11.6 Å². The Hall–Kier alpha value is -2.27. The SMILES string of the molecule is CC1(C)Cc2cc(C(=O)C3CCNCC3)ccc2-c2ncnc(N)c21. The molecule has 0 radical (unpaired) electrons. The molecule has 1 aromatic heterocycles. The number of hydrogen-bond acceptors (Lipinski definition) is 5. The second-order valence-electron chi connectivity index (χ2n) is 7.80. The van der Waals surface area contributed by atoms with E-state index in [-0.39, 0.29) is 17.1 Å². The van der Waals surface area contributed by atoms with Gasteiger partial charge in [-0.1, -0.05) is 26.0 Å². The van der Waals surface area contributed by atoms with Crippen molar-refractivity contribution in [3.63, 3.8) is 0 Å². The highest BCUT2D eigenvalue weighted by Crippen LogP contribution is 2.44. The van der Waals surface area contributed by atoms with Gasteiger partial charge in [0.1, 0.15) is 12.1 Å². The fraction of sp³-hybridized carbons (Fsp3) is 0.450. The van der Waals surface area contributed by atoms with Crippen LogP contribution in [0.1, 0.15) is 48.2 Å². The molecule has 4 rings (SSSR count). The third-order valence-corrected chi connectivity index (χ3v) is 5.54. The van der Waals surface area contributed by atoms with E-state index in [0.717, 1.165) is 54.7 Å². The first kappa shape index (κ1) is 16.2. The van der Waals surface area contributed by atoms with Gasteiger partial charge < -0.3 is 11.1 Å². The van der Waals surface area contributed by atoms with Crippen LogP contribution in [0.25, 0.3) is 11.3 Å². The lowest BCUT2D eigenvalue weighted by Gasteiger charge is -2.34. The molecule has 0 bridgehead atoms. The summed E-state index contributed by atoms with van der Waals surface area (Å²) in [6, 6.07) is 6.05. The Morgan fingerprint density at radius 1 is 1.24 bits per heavy atom. The Morgan fingerprint density at radius 2 is 2.00 bits per heavy atom. The largest absolute Gasteiger partial charge is 0.383 e. The van der Waals surface area contributed by atoms with Crippen LogP contribution in [0.15, 0.2) is 24.5 Å². The zero-order valence-corrected chi connectivity index (χ0v) is 14.8. The first-order chi connectivity index (χ1) is 12.0. The van der Waals surface area contributed by atoms with E-state index < -0.39 is 0 Å². The zero-order chi connectivity index (χ0) is 17.6. The Balaban J connectivity index is 1.76. The average molecular weight is 336 g/mol. The summed E-state index contributed by atoms with van der Waals surface area (Å²) in [6.07, 6.45) is 4.20. The van der Waals surface area contributed by atoms with Crippen LogP contribution < -0.4 is 11.1 Å². The zero-order valence-electron chi connectivity index (χ0n) is 14.8. The van der Waals surface area contributed by atoms with E-state index in [0.29, 0.717) is 5.82 Å². The molecule has 0 amide bonds. The first-order valence-corrected chi connectivity index (χ1v) is 8.96. The number of aromatic nitrogens is 2. The summed E-state index contributed by atoms with van der Waals surface area (Å²) in [4.78, 5) is 21.5. The van der Waals surface area contributed by atoms with E-state index >= 15 is 0 Å². The van der Waals surface area contributed by atoms with Gasteiger partial charge in [-0.05, 0) is 49.4 Å². The van der Waals surface area contributed by atoms with Crippen LogP contribution in [0.3, 0.4) is 0 Å². The van der Waals surface area contributed by atoms with Crippen molar-refractivity contribution in [3.8, 4) is 11.3 Å². The molecule has 130 valence electrons. The Bertz CT molecular complexity index is 838. The average Bonchev–Trinajstić information content (AvgIpc) is 2.60. The van der Waals surface area contributed by atoms with E-state index in [4.69, 9.17) is 5.73 Å². The van der Waals surface area contributed by atoms with Crippen LogP contribution in [-0.2, 0) is 11.8 Å². The number of carbonyl (C=O) groups is 1. The molecule has 3 N–H and O–H groups in total. The minimum atomic E-state index is -0.149. The molecule has 5 nitrogen and oxygen atoms in total. The van der Waals surface area contributed by atoms with Gasteiger partial charge in [-0.25, -0.2) is 9.97 Å². The molecule has 5 heteroatoms. The van der Waals surface area contributed by atoms with E-state index in [2.05, 4.69) is 35.2 Å². The summed E-state index contributed by atoms with van der Waals surface area (Å²) < 4.78 is 0. The highest BCUT2D eigenvalue weighted by atomic mass is 16.1. The number of ketones is 1. The molecule has 1 aromatic carbocycles. The van der Waals surface area contributed by atoms with E-state index in [1.54, 1.807) is 0 Å². The molecular formula is C20H24N4O. The maximum Gasteiger partial charge on any atom is 0.166 e. The summed E-state index contributed by atoms with van der Waals surface area (Å²) in [5, 5.41) is 3.32. The van der Waals surface area contributed by atoms with Gasteiger partial charge in [0.2, 0.25) is 0 Å². The van der Waals surface area contributed by atoms with Gasteiger partial charge in [0.15, 0.2) is 5.78 Å². The van der Waals surface area contributed by atoms with Gasteiger partial charge in [0.05, 0.1) is 5.69 Å². The number of carbonyl (C=O) groups excluding carboxylic acids is 1. The Kier molecular flexibility index (Phi) is 3.84. The monoisotopic (exact) mass is 336 g/mol. The first-order valence-electron chi connectivity index (χ1n) is 8.96. The number of anilines is 1. The number of nitrogens with two attached hydrogens (primary N) is 1. The number of nitrogen functional groups attached to an aromatic ring is 1. The van der Waals surface area contributed by atoms with Crippen molar-refractivity contribution in [2.45, 2.75) is 38.5 Å².